The maximum Gasteiger partial charge on any atom is 0.219 e. The Labute approximate surface area is 92.4 Å². The molecule has 2 N–H and O–H groups in total. The van der Waals surface area contributed by atoms with Crippen LogP contribution >= 0.6 is 0 Å². The fraction of sp³-hybridized carbons (Fsp3) is 0.909. The number of rotatable bonds is 6. The van der Waals surface area contributed by atoms with Crippen molar-refractivity contribution in [3.63, 3.8) is 0 Å². The molecule has 1 heterocycles. The van der Waals surface area contributed by atoms with Crippen LogP contribution in [-0.4, -0.2) is 50.6 Å². The lowest BCUT2D eigenvalue weighted by atomic mass is 10.2. The van der Waals surface area contributed by atoms with Crippen molar-refractivity contribution >= 4 is 5.91 Å². The predicted molar refractivity (Wildman–Crippen MR) is 61.8 cm³/mol. The normalized spacial score (nSPS) is 21.9. The lowest BCUT2D eigenvalue weighted by Crippen LogP contribution is -2.37. The van der Waals surface area contributed by atoms with Gasteiger partial charge in [-0.25, -0.2) is 0 Å². The summed E-state index contributed by atoms with van der Waals surface area (Å²) in [5.41, 5.74) is 0. The SMILES string of the molecule is CNCC1CCCN1CCCC(=O)NC. The van der Waals surface area contributed by atoms with E-state index < -0.39 is 0 Å². The van der Waals surface area contributed by atoms with E-state index in [1.807, 2.05) is 7.05 Å². The first-order valence-electron chi connectivity index (χ1n) is 5.87. The molecule has 88 valence electrons. The van der Waals surface area contributed by atoms with Crippen LogP contribution in [0, 0.1) is 0 Å². The van der Waals surface area contributed by atoms with E-state index in [0.29, 0.717) is 12.5 Å². The third-order valence-electron chi connectivity index (χ3n) is 3.07. The van der Waals surface area contributed by atoms with E-state index in [1.54, 1.807) is 7.05 Å². The maximum absolute atomic E-state index is 11.1. The Kier molecular flexibility index (Phi) is 5.65. The Balaban J connectivity index is 2.16. The smallest absolute Gasteiger partial charge is 0.219 e. The minimum absolute atomic E-state index is 0.152. The van der Waals surface area contributed by atoms with Gasteiger partial charge in [-0.2, -0.15) is 0 Å². The molecule has 1 amide bonds. The Hall–Kier alpha value is -0.610. The number of hydrogen-bond donors (Lipinski definition) is 2. The van der Waals surface area contributed by atoms with Gasteiger partial charge in [0, 0.05) is 26.1 Å². The second-order valence-electron chi connectivity index (χ2n) is 4.17. The first-order chi connectivity index (χ1) is 7.27. The van der Waals surface area contributed by atoms with Crippen molar-refractivity contribution in [2.75, 3.05) is 33.7 Å². The number of amides is 1. The highest BCUT2D eigenvalue weighted by molar-refractivity contribution is 5.75. The molecule has 0 aliphatic carbocycles. The van der Waals surface area contributed by atoms with Crippen molar-refractivity contribution < 1.29 is 4.79 Å². The molecular formula is C11H23N3O. The lowest BCUT2D eigenvalue weighted by Gasteiger charge is -2.23. The van der Waals surface area contributed by atoms with E-state index in [-0.39, 0.29) is 5.91 Å². The molecule has 1 fully saturated rings. The quantitative estimate of drug-likeness (QED) is 0.662. The predicted octanol–water partition coefficient (Wildman–Crippen LogP) is 0.196. The highest BCUT2D eigenvalue weighted by Gasteiger charge is 2.22. The van der Waals surface area contributed by atoms with Gasteiger partial charge in [0.1, 0.15) is 0 Å². The third kappa shape index (κ3) is 4.18. The Morgan fingerprint density at radius 3 is 2.93 bits per heavy atom. The van der Waals surface area contributed by atoms with E-state index in [0.717, 1.165) is 19.5 Å². The van der Waals surface area contributed by atoms with E-state index in [2.05, 4.69) is 15.5 Å². The number of nitrogens with one attached hydrogen (secondary N) is 2. The van der Waals surface area contributed by atoms with Gasteiger partial charge in [-0.15, -0.1) is 0 Å². The van der Waals surface area contributed by atoms with Gasteiger partial charge in [0.05, 0.1) is 0 Å². The van der Waals surface area contributed by atoms with Crippen LogP contribution in [0.5, 0.6) is 0 Å². The standard InChI is InChI=1S/C11H23N3O/c1-12-9-10-5-3-7-14(10)8-4-6-11(15)13-2/h10,12H,3-9H2,1-2H3,(H,13,15). The van der Waals surface area contributed by atoms with Crippen LogP contribution in [0.25, 0.3) is 0 Å². The largest absolute Gasteiger partial charge is 0.359 e. The van der Waals surface area contributed by atoms with Gasteiger partial charge >= 0.3 is 0 Å². The van der Waals surface area contributed by atoms with Gasteiger partial charge in [0.2, 0.25) is 5.91 Å². The summed E-state index contributed by atoms with van der Waals surface area (Å²) in [6.45, 7) is 3.32. The van der Waals surface area contributed by atoms with Crippen LogP contribution in [0.3, 0.4) is 0 Å². The van der Waals surface area contributed by atoms with E-state index >= 15 is 0 Å². The molecule has 1 atom stereocenters. The zero-order valence-electron chi connectivity index (χ0n) is 9.88. The van der Waals surface area contributed by atoms with E-state index in [4.69, 9.17) is 0 Å². The molecule has 1 unspecified atom stereocenters. The molecule has 0 aromatic rings. The minimum atomic E-state index is 0.152. The maximum atomic E-state index is 11.1. The number of likely N-dealkylation sites (tertiary alicyclic amines) is 1. The Morgan fingerprint density at radius 1 is 1.47 bits per heavy atom. The summed E-state index contributed by atoms with van der Waals surface area (Å²) in [5, 5.41) is 5.89. The van der Waals surface area contributed by atoms with Crippen LogP contribution in [0.2, 0.25) is 0 Å². The Bertz CT molecular complexity index is 196. The van der Waals surface area contributed by atoms with E-state index in [1.165, 1.54) is 19.4 Å². The highest BCUT2D eigenvalue weighted by Crippen LogP contribution is 2.16. The molecule has 15 heavy (non-hydrogen) atoms. The van der Waals surface area contributed by atoms with Crippen LogP contribution in [-0.2, 0) is 4.79 Å². The van der Waals surface area contributed by atoms with Crippen molar-refractivity contribution in [1.82, 2.24) is 15.5 Å². The van der Waals surface area contributed by atoms with Crippen LogP contribution in [0.1, 0.15) is 25.7 Å². The van der Waals surface area contributed by atoms with Gasteiger partial charge < -0.3 is 10.6 Å². The summed E-state index contributed by atoms with van der Waals surface area (Å²) in [7, 11) is 3.70. The topological polar surface area (TPSA) is 44.4 Å². The molecule has 4 heteroatoms. The molecule has 4 nitrogen and oxygen atoms in total. The van der Waals surface area contributed by atoms with Crippen molar-refractivity contribution in [2.45, 2.75) is 31.7 Å². The van der Waals surface area contributed by atoms with Crippen molar-refractivity contribution in [3.8, 4) is 0 Å². The second kappa shape index (κ2) is 6.80. The Morgan fingerprint density at radius 2 is 2.27 bits per heavy atom. The summed E-state index contributed by atoms with van der Waals surface area (Å²) in [6.07, 6.45) is 4.21. The number of carbonyl (C=O) groups is 1. The van der Waals surface area contributed by atoms with Crippen LogP contribution in [0.4, 0.5) is 0 Å². The molecule has 0 saturated carbocycles. The number of nitrogens with zero attached hydrogens (tertiary/aromatic N) is 1. The second-order valence-corrected chi connectivity index (χ2v) is 4.17. The molecule has 1 saturated heterocycles. The molecule has 0 spiro atoms. The fourth-order valence-electron chi connectivity index (χ4n) is 2.22. The van der Waals surface area contributed by atoms with Crippen LogP contribution < -0.4 is 10.6 Å². The molecular weight excluding hydrogens is 190 g/mol. The van der Waals surface area contributed by atoms with Gasteiger partial charge in [0.25, 0.3) is 0 Å². The summed E-state index contributed by atoms with van der Waals surface area (Å²) >= 11 is 0. The summed E-state index contributed by atoms with van der Waals surface area (Å²) in [6, 6.07) is 0.680. The van der Waals surface area contributed by atoms with Crippen molar-refractivity contribution in [2.24, 2.45) is 0 Å². The van der Waals surface area contributed by atoms with Crippen LogP contribution in [0.15, 0.2) is 0 Å². The molecule has 1 rings (SSSR count). The molecule has 0 bridgehead atoms. The third-order valence-corrected chi connectivity index (χ3v) is 3.07. The average Bonchev–Trinajstić information content (AvgIpc) is 2.66. The number of likely N-dealkylation sites (N-methyl/N-ethyl adjacent to an activating group) is 1. The minimum Gasteiger partial charge on any atom is -0.359 e. The average molecular weight is 213 g/mol. The number of hydrogen-bond acceptors (Lipinski definition) is 3. The first kappa shape index (κ1) is 12.5. The molecule has 0 aromatic heterocycles. The monoisotopic (exact) mass is 213 g/mol. The fourth-order valence-corrected chi connectivity index (χ4v) is 2.22. The highest BCUT2D eigenvalue weighted by atomic mass is 16.1. The molecule has 0 aromatic carbocycles. The van der Waals surface area contributed by atoms with Gasteiger partial charge in [0.15, 0.2) is 0 Å². The molecule has 1 aliphatic rings. The zero-order valence-corrected chi connectivity index (χ0v) is 9.88. The summed E-state index contributed by atoms with van der Waals surface area (Å²) in [4.78, 5) is 13.6. The summed E-state index contributed by atoms with van der Waals surface area (Å²) < 4.78 is 0. The lowest BCUT2D eigenvalue weighted by molar-refractivity contribution is -0.120. The van der Waals surface area contributed by atoms with Gasteiger partial charge in [-0.3, -0.25) is 9.69 Å². The number of carbonyl (C=O) groups excluding carboxylic acids is 1. The van der Waals surface area contributed by atoms with Gasteiger partial charge in [-0.05, 0) is 39.4 Å². The van der Waals surface area contributed by atoms with E-state index in [9.17, 15) is 4.79 Å². The first-order valence-corrected chi connectivity index (χ1v) is 5.87. The van der Waals surface area contributed by atoms with Crippen molar-refractivity contribution in [1.29, 1.82) is 0 Å². The zero-order chi connectivity index (χ0) is 11.1. The van der Waals surface area contributed by atoms with Crippen molar-refractivity contribution in [3.05, 3.63) is 0 Å². The molecule has 1 aliphatic heterocycles. The summed E-state index contributed by atoms with van der Waals surface area (Å²) in [5.74, 6) is 0.152. The van der Waals surface area contributed by atoms with Gasteiger partial charge in [-0.1, -0.05) is 0 Å². The molecule has 0 radical (unpaired) electrons.